The molecule has 22 heavy (non-hydrogen) atoms. The summed E-state index contributed by atoms with van der Waals surface area (Å²) >= 11 is 3.08. The maximum Gasteiger partial charge on any atom is 0.340 e. The molecule has 0 bridgehead atoms. The number of ether oxygens (including phenoxy) is 1. The summed E-state index contributed by atoms with van der Waals surface area (Å²) in [4.78, 5) is 23.8. The van der Waals surface area contributed by atoms with E-state index in [1.807, 2.05) is 0 Å². The Morgan fingerprint density at radius 1 is 1.41 bits per heavy atom. The average Bonchev–Trinajstić information content (AvgIpc) is 2.97. The highest BCUT2D eigenvalue weighted by Crippen LogP contribution is 2.19. The van der Waals surface area contributed by atoms with Crippen LogP contribution in [0.2, 0.25) is 0 Å². The van der Waals surface area contributed by atoms with Crippen molar-refractivity contribution in [3.63, 3.8) is 0 Å². The second kappa shape index (κ2) is 7.22. The van der Waals surface area contributed by atoms with Gasteiger partial charge in [0.1, 0.15) is 11.6 Å². The van der Waals surface area contributed by atoms with Crippen molar-refractivity contribution in [1.82, 2.24) is 5.32 Å². The van der Waals surface area contributed by atoms with Gasteiger partial charge in [-0.05, 0) is 53.2 Å². The number of nitrogens with one attached hydrogen (secondary N) is 1. The number of benzene rings is 1. The lowest BCUT2D eigenvalue weighted by atomic mass is 10.2. The molecule has 1 aromatic heterocycles. The number of rotatable bonds is 5. The molecule has 1 aromatic carbocycles. The number of halogens is 2. The molecule has 0 saturated carbocycles. The van der Waals surface area contributed by atoms with E-state index < -0.39 is 23.8 Å². The zero-order valence-electron chi connectivity index (χ0n) is 11.6. The number of carbonyl (C=O) groups excluding carboxylic acids is 2. The summed E-state index contributed by atoms with van der Waals surface area (Å²) in [5, 5.41) is 2.58. The highest BCUT2D eigenvalue weighted by molar-refractivity contribution is 9.10. The third-order valence-corrected chi connectivity index (χ3v) is 3.48. The molecular weight excluding hydrogens is 357 g/mol. The minimum Gasteiger partial charge on any atom is -0.467 e. The van der Waals surface area contributed by atoms with Crippen LogP contribution in [0.15, 0.2) is 45.5 Å². The van der Waals surface area contributed by atoms with Gasteiger partial charge in [0.2, 0.25) is 0 Å². The van der Waals surface area contributed by atoms with Crippen molar-refractivity contribution in [3.05, 3.63) is 58.2 Å². The van der Waals surface area contributed by atoms with Crippen LogP contribution in [0.3, 0.4) is 0 Å². The molecule has 2 rings (SSSR count). The van der Waals surface area contributed by atoms with Crippen molar-refractivity contribution >= 4 is 27.8 Å². The summed E-state index contributed by atoms with van der Waals surface area (Å²) in [7, 11) is 0. The number of amides is 1. The largest absolute Gasteiger partial charge is 0.467 e. The van der Waals surface area contributed by atoms with Crippen LogP contribution in [-0.2, 0) is 16.1 Å². The van der Waals surface area contributed by atoms with Crippen molar-refractivity contribution in [2.75, 3.05) is 0 Å². The summed E-state index contributed by atoms with van der Waals surface area (Å²) < 4.78 is 23.4. The van der Waals surface area contributed by atoms with Crippen molar-refractivity contribution in [2.24, 2.45) is 0 Å². The second-order valence-corrected chi connectivity index (χ2v) is 5.32. The Labute approximate surface area is 134 Å². The van der Waals surface area contributed by atoms with E-state index in [4.69, 9.17) is 9.15 Å². The third-order valence-electron chi connectivity index (χ3n) is 2.82. The summed E-state index contributed by atoms with van der Waals surface area (Å²) in [5.74, 6) is -1.06. The lowest BCUT2D eigenvalue weighted by Crippen LogP contribution is -2.35. The Morgan fingerprint density at radius 2 is 2.18 bits per heavy atom. The highest BCUT2D eigenvalue weighted by atomic mass is 79.9. The maximum absolute atomic E-state index is 13.0. The van der Waals surface area contributed by atoms with E-state index in [-0.39, 0.29) is 16.6 Å². The van der Waals surface area contributed by atoms with Gasteiger partial charge in [0.05, 0.1) is 18.4 Å². The van der Waals surface area contributed by atoms with Crippen molar-refractivity contribution in [3.8, 4) is 0 Å². The van der Waals surface area contributed by atoms with E-state index in [1.165, 1.54) is 19.3 Å². The van der Waals surface area contributed by atoms with Crippen LogP contribution in [0.5, 0.6) is 0 Å². The smallest absolute Gasteiger partial charge is 0.340 e. The summed E-state index contributed by atoms with van der Waals surface area (Å²) in [6.45, 7) is 1.65. The van der Waals surface area contributed by atoms with Gasteiger partial charge in [-0.1, -0.05) is 0 Å². The van der Waals surface area contributed by atoms with E-state index in [9.17, 15) is 14.0 Å². The summed E-state index contributed by atoms with van der Waals surface area (Å²) in [6, 6.07) is 7.00. The van der Waals surface area contributed by atoms with Crippen LogP contribution in [0.25, 0.3) is 0 Å². The maximum atomic E-state index is 13.0. The van der Waals surface area contributed by atoms with E-state index >= 15 is 0 Å². The van der Waals surface area contributed by atoms with Crippen LogP contribution in [0, 0.1) is 5.82 Å². The van der Waals surface area contributed by atoms with Gasteiger partial charge in [0.25, 0.3) is 5.91 Å². The number of furan rings is 1. The summed E-state index contributed by atoms with van der Waals surface area (Å²) in [6.07, 6.45) is 0.510. The minimum absolute atomic E-state index is 0.145. The highest BCUT2D eigenvalue weighted by Gasteiger charge is 2.20. The Kier molecular flexibility index (Phi) is 5.32. The number of esters is 1. The van der Waals surface area contributed by atoms with Crippen LogP contribution >= 0.6 is 15.9 Å². The molecule has 5 nitrogen and oxygen atoms in total. The van der Waals surface area contributed by atoms with Crippen LogP contribution in [0.4, 0.5) is 4.39 Å². The van der Waals surface area contributed by atoms with Gasteiger partial charge >= 0.3 is 5.97 Å². The van der Waals surface area contributed by atoms with Crippen LogP contribution in [0.1, 0.15) is 23.0 Å². The van der Waals surface area contributed by atoms with Crippen molar-refractivity contribution < 1.29 is 23.1 Å². The van der Waals surface area contributed by atoms with E-state index in [1.54, 1.807) is 12.1 Å². The van der Waals surface area contributed by atoms with Crippen LogP contribution < -0.4 is 5.32 Å². The Morgan fingerprint density at radius 3 is 2.82 bits per heavy atom. The van der Waals surface area contributed by atoms with Gasteiger partial charge in [0.15, 0.2) is 6.10 Å². The van der Waals surface area contributed by atoms with Gasteiger partial charge in [-0.3, -0.25) is 4.79 Å². The third kappa shape index (κ3) is 4.17. The first kappa shape index (κ1) is 16.2. The average molecular weight is 370 g/mol. The lowest BCUT2D eigenvalue weighted by Gasteiger charge is -2.13. The lowest BCUT2D eigenvalue weighted by molar-refractivity contribution is -0.129. The predicted octanol–water partition coefficient (Wildman–Crippen LogP) is 3.04. The normalized spacial score (nSPS) is 11.8. The fourth-order valence-corrected chi connectivity index (χ4v) is 2.18. The first-order chi connectivity index (χ1) is 10.5. The number of hydrogen-bond acceptors (Lipinski definition) is 4. The van der Waals surface area contributed by atoms with E-state index in [0.29, 0.717) is 5.76 Å². The van der Waals surface area contributed by atoms with Crippen molar-refractivity contribution in [2.45, 2.75) is 19.6 Å². The molecule has 0 saturated heterocycles. The van der Waals surface area contributed by atoms with Gasteiger partial charge in [-0.15, -0.1) is 0 Å². The Bertz CT molecular complexity index is 672. The molecule has 1 amide bonds. The van der Waals surface area contributed by atoms with Crippen molar-refractivity contribution in [1.29, 1.82) is 0 Å². The van der Waals surface area contributed by atoms with Gasteiger partial charge in [-0.2, -0.15) is 0 Å². The minimum atomic E-state index is -0.987. The molecular formula is C15H13BrFNO4. The standard InChI is InChI=1S/C15H13BrFNO4/c1-9(14(19)18-8-11-3-2-6-21-11)22-15(20)12-5-4-10(17)7-13(12)16/h2-7,9H,8H2,1H3,(H,18,19). The zero-order valence-corrected chi connectivity index (χ0v) is 13.2. The predicted molar refractivity (Wildman–Crippen MR) is 79.5 cm³/mol. The molecule has 1 heterocycles. The number of hydrogen-bond donors (Lipinski definition) is 1. The first-order valence-electron chi connectivity index (χ1n) is 6.43. The molecule has 0 radical (unpaired) electrons. The zero-order chi connectivity index (χ0) is 16.1. The monoisotopic (exact) mass is 369 g/mol. The van der Waals surface area contributed by atoms with Gasteiger partial charge in [0, 0.05) is 4.47 Å². The fraction of sp³-hybridized carbons (Fsp3) is 0.200. The molecule has 116 valence electrons. The molecule has 0 aliphatic carbocycles. The van der Waals surface area contributed by atoms with E-state index in [2.05, 4.69) is 21.2 Å². The first-order valence-corrected chi connectivity index (χ1v) is 7.23. The molecule has 1 unspecified atom stereocenters. The quantitative estimate of drug-likeness (QED) is 0.822. The fourth-order valence-electron chi connectivity index (χ4n) is 1.66. The second-order valence-electron chi connectivity index (χ2n) is 4.47. The SMILES string of the molecule is CC(OC(=O)c1ccc(F)cc1Br)C(=O)NCc1ccco1. The molecule has 0 spiro atoms. The summed E-state index contributed by atoms with van der Waals surface area (Å²) in [5.41, 5.74) is 0.145. The number of carbonyl (C=O) groups is 2. The molecule has 1 N–H and O–H groups in total. The topological polar surface area (TPSA) is 68.5 Å². The molecule has 0 aliphatic heterocycles. The van der Waals surface area contributed by atoms with Crippen LogP contribution in [-0.4, -0.2) is 18.0 Å². The molecule has 0 fully saturated rings. The molecule has 7 heteroatoms. The van der Waals surface area contributed by atoms with E-state index in [0.717, 1.165) is 12.1 Å². The Balaban J connectivity index is 1.91. The molecule has 1 atom stereocenters. The van der Waals surface area contributed by atoms with Gasteiger partial charge in [-0.25, -0.2) is 9.18 Å². The Hall–Kier alpha value is -2.15. The molecule has 2 aromatic rings. The molecule has 0 aliphatic rings. The van der Waals surface area contributed by atoms with Gasteiger partial charge < -0.3 is 14.5 Å².